The first-order valence-electron chi connectivity index (χ1n) is 9.51. The van der Waals surface area contributed by atoms with Gasteiger partial charge in [-0.15, -0.1) is 0 Å². The minimum atomic E-state index is -0.218. The minimum Gasteiger partial charge on any atom is -0.461 e. The van der Waals surface area contributed by atoms with Crippen LogP contribution in [0.2, 0.25) is 0 Å². The number of furan rings is 1. The number of nitrogens with zero attached hydrogens (tertiary/aromatic N) is 3. The van der Waals surface area contributed by atoms with Crippen molar-refractivity contribution in [1.82, 2.24) is 15.0 Å². The van der Waals surface area contributed by atoms with E-state index in [9.17, 15) is 4.79 Å². The van der Waals surface area contributed by atoms with Crippen molar-refractivity contribution in [2.24, 2.45) is 0 Å². The molecule has 4 aromatic rings. The molecule has 0 aliphatic carbocycles. The van der Waals surface area contributed by atoms with Crippen LogP contribution in [0.5, 0.6) is 0 Å². The van der Waals surface area contributed by atoms with E-state index in [-0.39, 0.29) is 17.6 Å². The monoisotopic (exact) mass is 385 g/mol. The lowest BCUT2D eigenvalue weighted by atomic mass is 9.87. The van der Waals surface area contributed by atoms with E-state index in [0.717, 1.165) is 17.5 Å². The fourth-order valence-corrected chi connectivity index (χ4v) is 3.93. The van der Waals surface area contributed by atoms with Gasteiger partial charge in [-0.1, -0.05) is 35.0 Å². The van der Waals surface area contributed by atoms with Gasteiger partial charge < -0.3 is 13.8 Å². The molecule has 6 nitrogen and oxygen atoms in total. The second kappa shape index (κ2) is 7.05. The summed E-state index contributed by atoms with van der Waals surface area (Å²) in [4.78, 5) is 19.5. The third-order valence-corrected chi connectivity index (χ3v) is 5.28. The first kappa shape index (κ1) is 17.4. The van der Waals surface area contributed by atoms with Gasteiger partial charge in [-0.2, -0.15) is 0 Å². The maximum absolute atomic E-state index is 13.4. The number of aromatic nitrogens is 2. The van der Waals surface area contributed by atoms with E-state index in [2.05, 4.69) is 35.3 Å². The molecule has 4 heterocycles. The van der Waals surface area contributed by atoms with Gasteiger partial charge in [0.1, 0.15) is 0 Å². The molecule has 0 N–H and O–H groups in total. The molecule has 3 aromatic heterocycles. The maximum atomic E-state index is 13.4. The number of amides is 1. The predicted octanol–water partition coefficient (Wildman–Crippen LogP) is 4.43. The Morgan fingerprint density at radius 3 is 2.86 bits per heavy atom. The van der Waals surface area contributed by atoms with Gasteiger partial charge in [-0.05, 0) is 48.2 Å². The molecular formula is C23H19N3O3. The molecule has 1 aromatic carbocycles. The number of hydrogen-bond donors (Lipinski definition) is 0. The Bertz CT molecular complexity index is 1150. The lowest BCUT2D eigenvalue weighted by Gasteiger charge is -2.37. The summed E-state index contributed by atoms with van der Waals surface area (Å²) in [6.07, 6.45) is 5.91. The Labute approximate surface area is 167 Å². The normalized spacial score (nSPS) is 15.9. The number of pyridine rings is 1. The highest BCUT2D eigenvalue weighted by atomic mass is 16.5. The fraction of sp³-hybridized carbons (Fsp3) is 0.174. The van der Waals surface area contributed by atoms with Crippen molar-refractivity contribution in [2.75, 3.05) is 6.54 Å². The predicted molar refractivity (Wildman–Crippen MR) is 106 cm³/mol. The Hall–Kier alpha value is -3.67. The lowest BCUT2D eigenvalue weighted by Crippen LogP contribution is -2.40. The standard InChI is InChI=1S/C23H19N3O3/c1-15-6-7-18-16(12-15)8-10-26(22(18)17-4-2-9-24-14-17)23(27)19-13-21(29-25-19)20-5-3-11-28-20/h2-7,9,11-14,22H,8,10H2,1H3. The Kier molecular flexibility index (Phi) is 4.24. The number of aryl methyl sites for hydroxylation is 1. The molecule has 0 radical (unpaired) electrons. The van der Waals surface area contributed by atoms with Gasteiger partial charge in [0.2, 0.25) is 5.76 Å². The second-order valence-corrected chi connectivity index (χ2v) is 7.19. The molecule has 0 saturated carbocycles. The molecule has 0 spiro atoms. The molecule has 5 rings (SSSR count). The van der Waals surface area contributed by atoms with Gasteiger partial charge >= 0.3 is 0 Å². The number of carbonyl (C=O) groups is 1. The Morgan fingerprint density at radius 2 is 2.07 bits per heavy atom. The van der Waals surface area contributed by atoms with E-state index < -0.39 is 0 Å². The molecule has 1 atom stereocenters. The van der Waals surface area contributed by atoms with E-state index in [1.807, 2.05) is 23.2 Å². The van der Waals surface area contributed by atoms with E-state index in [4.69, 9.17) is 8.94 Å². The van der Waals surface area contributed by atoms with Crippen LogP contribution >= 0.6 is 0 Å². The summed E-state index contributed by atoms with van der Waals surface area (Å²) in [5.41, 5.74) is 4.84. The maximum Gasteiger partial charge on any atom is 0.276 e. The summed E-state index contributed by atoms with van der Waals surface area (Å²) in [7, 11) is 0. The summed E-state index contributed by atoms with van der Waals surface area (Å²) in [5, 5.41) is 4.00. The molecule has 0 fully saturated rings. The topological polar surface area (TPSA) is 72.4 Å². The lowest BCUT2D eigenvalue weighted by molar-refractivity contribution is 0.0683. The average molecular weight is 385 g/mol. The smallest absolute Gasteiger partial charge is 0.276 e. The number of carbonyl (C=O) groups excluding carboxylic acids is 1. The van der Waals surface area contributed by atoms with Crippen LogP contribution < -0.4 is 0 Å². The van der Waals surface area contributed by atoms with Gasteiger partial charge in [0.15, 0.2) is 11.5 Å². The van der Waals surface area contributed by atoms with Gasteiger partial charge in [-0.3, -0.25) is 9.78 Å². The number of fused-ring (bicyclic) bond motifs is 1. The van der Waals surface area contributed by atoms with Crippen LogP contribution in [0.1, 0.15) is 38.8 Å². The highest BCUT2D eigenvalue weighted by molar-refractivity contribution is 5.93. The van der Waals surface area contributed by atoms with Crippen LogP contribution in [0.4, 0.5) is 0 Å². The van der Waals surface area contributed by atoms with Crippen LogP contribution in [0.3, 0.4) is 0 Å². The Morgan fingerprint density at radius 1 is 1.14 bits per heavy atom. The number of rotatable bonds is 3. The molecule has 29 heavy (non-hydrogen) atoms. The zero-order chi connectivity index (χ0) is 19.8. The number of hydrogen-bond acceptors (Lipinski definition) is 5. The molecule has 1 unspecified atom stereocenters. The summed E-state index contributed by atoms with van der Waals surface area (Å²) in [6.45, 7) is 2.68. The van der Waals surface area contributed by atoms with Crippen molar-refractivity contribution in [3.63, 3.8) is 0 Å². The van der Waals surface area contributed by atoms with Crippen LogP contribution in [0.15, 0.2) is 76.1 Å². The summed E-state index contributed by atoms with van der Waals surface area (Å²) >= 11 is 0. The van der Waals surface area contributed by atoms with Crippen molar-refractivity contribution < 1.29 is 13.7 Å². The van der Waals surface area contributed by atoms with Crippen molar-refractivity contribution in [1.29, 1.82) is 0 Å². The molecule has 6 heteroatoms. The molecule has 1 amide bonds. The van der Waals surface area contributed by atoms with E-state index in [1.54, 1.807) is 30.7 Å². The van der Waals surface area contributed by atoms with Gasteiger partial charge in [0.25, 0.3) is 5.91 Å². The van der Waals surface area contributed by atoms with Crippen molar-refractivity contribution in [3.8, 4) is 11.5 Å². The van der Waals surface area contributed by atoms with E-state index in [0.29, 0.717) is 18.1 Å². The highest BCUT2D eigenvalue weighted by Gasteiger charge is 2.34. The van der Waals surface area contributed by atoms with Crippen LogP contribution in [0.25, 0.3) is 11.5 Å². The Balaban J connectivity index is 1.54. The molecule has 0 bridgehead atoms. The SMILES string of the molecule is Cc1ccc2c(c1)CCN(C(=O)c1cc(-c3ccco3)on1)C2c1cccnc1. The minimum absolute atomic E-state index is 0.174. The molecule has 0 saturated heterocycles. The quantitative estimate of drug-likeness (QED) is 0.522. The zero-order valence-electron chi connectivity index (χ0n) is 15.9. The summed E-state index contributed by atoms with van der Waals surface area (Å²) in [5.74, 6) is 0.802. The zero-order valence-corrected chi connectivity index (χ0v) is 15.9. The van der Waals surface area contributed by atoms with Gasteiger partial charge in [0.05, 0.1) is 12.3 Å². The molecule has 1 aliphatic rings. The van der Waals surface area contributed by atoms with Crippen molar-refractivity contribution >= 4 is 5.91 Å². The highest BCUT2D eigenvalue weighted by Crippen LogP contribution is 2.36. The van der Waals surface area contributed by atoms with Crippen LogP contribution in [0, 0.1) is 6.92 Å². The summed E-state index contributed by atoms with van der Waals surface area (Å²) in [6, 6.07) is 15.2. The number of benzene rings is 1. The summed E-state index contributed by atoms with van der Waals surface area (Å²) < 4.78 is 10.7. The average Bonchev–Trinajstić information content (AvgIpc) is 3.45. The largest absolute Gasteiger partial charge is 0.461 e. The van der Waals surface area contributed by atoms with Crippen molar-refractivity contribution in [2.45, 2.75) is 19.4 Å². The fourth-order valence-electron chi connectivity index (χ4n) is 3.93. The third-order valence-electron chi connectivity index (χ3n) is 5.28. The molecular weight excluding hydrogens is 366 g/mol. The van der Waals surface area contributed by atoms with Gasteiger partial charge in [0, 0.05) is 25.0 Å². The second-order valence-electron chi connectivity index (χ2n) is 7.19. The van der Waals surface area contributed by atoms with Crippen LogP contribution in [-0.2, 0) is 6.42 Å². The first-order chi connectivity index (χ1) is 14.2. The van der Waals surface area contributed by atoms with E-state index >= 15 is 0 Å². The molecule has 1 aliphatic heterocycles. The molecule has 144 valence electrons. The van der Waals surface area contributed by atoms with Gasteiger partial charge in [-0.25, -0.2) is 0 Å². The first-order valence-corrected chi connectivity index (χ1v) is 9.51. The third kappa shape index (κ3) is 3.12. The van der Waals surface area contributed by atoms with E-state index in [1.165, 1.54) is 11.1 Å². The van der Waals surface area contributed by atoms with Crippen LogP contribution in [-0.4, -0.2) is 27.5 Å². The van der Waals surface area contributed by atoms with Crippen molar-refractivity contribution in [3.05, 3.63) is 95.1 Å².